The number of para-hydroxylation sites is 1. The van der Waals surface area contributed by atoms with E-state index in [1.54, 1.807) is 12.1 Å². The Labute approximate surface area is 148 Å². The summed E-state index contributed by atoms with van der Waals surface area (Å²) in [7, 11) is 0. The van der Waals surface area contributed by atoms with E-state index < -0.39 is 5.91 Å². The molecule has 2 aromatic rings. The average molecular weight is 340 g/mol. The molecule has 0 aliphatic carbocycles. The highest BCUT2D eigenvalue weighted by Gasteiger charge is 2.12. The van der Waals surface area contributed by atoms with Gasteiger partial charge in [0.1, 0.15) is 5.75 Å². The lowest BCUT2D eigenvalue weighted by Gasteiger charge is -2.15. The van der Waals surface area contributed by atoms with Gasteiger partial charge in [-0.3, -0.25) is 20.4 Å². The second-order valence-electron chi connectivity index (χ2n) is 5.95. The van der Waals surface area contributed by atoms with Gasteiger partial charge in [-0.25, -0.2) is 0 Å². The smallest absolute Gasteiger partial charge is 0.276 e. The molecule has 5 heteroatoms. The third-order valence-corrected chi connectivity index (χ3v) is 4.13. The lowest BCUT2D eigenvalue weighted by Crippen LogP contribution is -2.44. The van der Waals surface area contributed by atoms with Crippen molar-refractivity contribution in [1.82, 2.24) is 10.9 Å². The quantitative estimate of drug-likeness (QED) is 0.793. The minimum absolute atomic E-state index is 0.165. The molecule has 0 saturated heterocycles. The molecule has 0 radical (unpaired) electrons. The van der Waals surface area contributed by atoms with Crippen LogP contribution in [0.15, 0.2) is 48.5 Å². The zero-order valence-electron chi connectivity index (χ0n) is 14.8. The highest BCUT2D eigenvalue weighted by atomic mass is 16.5. The maximum absolute atomic E-state index is 12.1. The van der Waals surface area contributed by atoms with Crippen molar-refractivity contribution in [2.75, 3.05) is 6.61 Å². The van der Waals surface area contributed by atoms with Crippen molar-refractivity contribution in [3.05, 3.63) is 65.2 Å². The molecule has 0 aromatic heterocycles. The first-order valence-corrected chi connectivity index (χ1v) is 8.39. The molecule has 0 aliphatic rings. The SMILES string of the molecule is CCC(C)c1ccccc1OCC(=O)NNC(=O)c1ccccc1C. The van der Waals surface area contributed by atoms with Crippen LogP contribution in [0.25, 0.3) is 0 Å². The summed E-state index contributed by atoms with van der Waals surface area (Å²) in [6.45, 7) is 5.90. The molecule has 2 rings (SSSR count). The third-order valence-electron chi connectivity index (χ3n) is 4.13. The zero-order valence-corrected chi connectivity index (χ0v) is 14.8. The van der Waals surface area contributed by atoms with Crippen LogP contribution >= 0.6 is 0 Å². The molecule has 0 fully saturated rings. The summed E-state index contributed by atoms with van der Waals surface area (Å²) < 4.78 is 5.62. The Morgan fingerprint density at radius 2 is 1.72 bits per heavy atom. The van der Waals surface area contributed by atoms with E-state index in [2.05, 4.69) is 24.7 Å². The molecular weight excluding hydrogens is 316 g/mol. The summed E-state index contributed by atoms with van der Waals surface area (Å²) in [5.74, 6) is 0.268. The van der Waals surface area contributed by atoms with Crippen LogP contribution in [0.5, 0.6) is 5.75 Å². The molecule has 25 heavy (non-hydrogen) atoms. The fourth-order valence-electron chi connectivity index (χ4n) is 2.44. The van der Waals surface area contributed by atoms with Gasteiger partial charge in [-0.2, -0.15) is 0 Å². The maximum atomic E-state index is 12.1. The van der Waals surface area contributed by atoms with E-state index in [9.17, 15) is 9.59 Å². The molecule has 1 atom stereocenters. The lowest BCUT2D eigenvalue weighted by molar-refractivity contribution is -0.123. The van der Waals surface area contributed by atoms with Crippen LogP contribution in [0.1, 0.15) is 47.7 Å². The number of aryl methyl sites for hydroxylation is 1. The first-order valence-electron chi connectivity index (χ1n) is 8.39. The fourth-order valence-corrected chi connectivity index (χ4v) is 2.44. The molecular formula is C20H24N2O3. The number of nitrogens with one attached hydrogen (secondary N) is 2. The molecule has 0 bridgehead atoms. The molecule has 0 aliphatic heterocycles. The Hall–Kier alpha value is -2.82. The van der Waals surface area contributed by atoms with Crippen LogP contribution in [0.2, 0.25) is 0 Å². The third kappa shape index (κ3) is 5.08. The van der Waals surface area contributed by atoms with Crippen molar-refractivity contribution in [3.63, 3.8) is 0 Å². The number of rotatable bonds is 6. The van der Waals surface area contributed by atoms with Crippen molar-refractivity contribution >= 4 is 11.8 Å². The van der Waals surface area contributed by atoms with E-state index in [0.29, 0.717) is 17.2 Å². The van der Waals surface area contributed by atoms with Crippen molar-refractivity contribution in [2.45, 2.75) is 33.1 Å². The van der Waals surface area contributed by atoms with E-state index in [1.165, 1.54) is 0 Å². The minimum atomic E-state index is -0.416. The first-order chi connectivity index (χ1) is 12.0. The normalized spacial score (nSPS) is 11.5. The Morgan fingerprint density at radius 1 is 1.04 bits per heavy atom. The molecule has 132 valence electrons. The predicted molar refractivity (Wildman–Crippen MR) is 97.4 cm³/mol. The number of carbonyl (C=O) groups is 2. The van der Waals surface area contributed by atoms with Crippen molar-refractivity contribution in [1.29, 1.82) is 0 Å². The Bertz CT molecular complexity index is 743. The number of hydrogen-bond donors (Lipinski definition) is 2. The van der Waals surface area contributed by atoms with E-state index in [0.717, 1.165) is 17.5 Å². The molecule has 0 saturated carbocycles. The van der Waals surface area contributed by atoms with E-state index in [1.807, 2.05) is 43.3 Å². The summed E-state index contributed by atoms with van der Waals surface area (Å²) in [5.41, 5.74) is 7.21. The van der Waals surface area contributed by atoms with Gasteiger partial charge >= 0.3 is 0 Å². The minimum Gasteiger partial charge on any atom is -0.483 e. The Morgan fingerprint density at radius 3 is 2.44 bits per heavy atom. The van der Waals surface area contributed by atoms with Gasteiger partial charge < -0.3 is 4.74 Å². The van der Waals surface area contributed by atoms with Crippen molar-refractivity contribution in [3.8, 4) is 5.75 Å². The zero-order chi connectivity index (χ0) is 18.2. The van der Waals surface area contributed by atoms with Crippen LogP contribution in [-0.2, 0) is 4.79 Å². The number of carbonyl (C=O) groups excluding carboxylic acids is 2. The van der Waals surface area contributed by atoms with Crippen LogP contribution in [0, 0.1) is 6.92 Å². The lowest BCUT2D eigenvalue weighted by atomic mass is 9.98. The molecule has 0 spiro atoms. The topological polar surface area (TPSA) is 67.4 Å². The van der Waals surface area contributed by atoms with Crippen LogP contribution < -0.4 is 15.6 Å². The van der Waals surface area contributed by atoms with Gasteiger partial charge in [0.05, 0.1) is 0 Å². The average Bonchev–Trinajstić information content (AvgIpc) is 2.64. The molecule has 5 nitrogen and oxygen atoms in total. The second kappa shape index (κ2) is 8.87. The number of benzene rings is 2. The standard InChI is InChI=1S/C20H24N2O3/c1-4-14(2)16-10-7-8-12-18(16)25-13-19(23)21-22-20(24)17-11-6-5-9-15(17)3/h5-12,14H,4,13H2,1-3H3,(H,21,23)(H,22,24). The number of ether oxygens (including phenoxy) is 1. The highest BCUT2D eigenvalue weighted by molar-refractivity contribution is 5.96. The van der Waals surface area contributed by atoms with Crippen LogP contribution in [0.3, 0.4) is 0 Å². The number of hydrazine groups is 1. The van der Waals surface area contributed by atoms with E-state index in [4.69, 9.17) is 4.74 Å². The number of hydrogen-bond acceptors (Lipinski definition) is 3. The van der Waals surface area contributed by atoms with Crippen molar-refractivity contribution < 1.29 is 14.3 Å². The Balaban J connectivity index is 1.88. The summed E-state index contributed by atoms with van der Waals surface area (Å²) >= 11 is 0. The molecule has 1 unspecified atom stereocenters. The van der Waals surface area contributed by atoms with E-state index >= 15 is 0 Å². The number of amides is 2. The van der Waals surface area contributed by atoms with E-state index in [-0.39, 0.29) is 12.5 Å². The first kappa shape index (κ1) is 18.5. The maximum Gasteiger partial charge on any atom is 0.276 e. The Kier molecular flexibility index (Phi) is 6.57. The van der Waals surface area contributed by atoms with Crippen LogP contribution in [-0.4, -0.2) is 18.4 Å². The summed E-state index contributed by atoms with van der Waals surface area (Å²) in [6.07, 6.45) is 0.985. The van der Waals surface area contributed by atoms with Gasteiger partial charge in [-0.05, 0) is 42.5 Å². The van der Waals surface area contributed by atoms with Gasteiger partial charge in [0, 0.05) is 5.56 Å². The molecule has 2 aromatic carbocycles. The second-order valence-corrected chi connectivity index (χ2v) is 5.95. The van der Waals surface area contributed by atoms with Gasteiger partial charge in [-0.1, -0.05) is 50.2 Å². The summed E-state index contributed by atoms with van der Waals surface area (Å²) in [6, 6.07) is 14.9. The van der Waals surface area contributed by atoms with Gasteiger partial charge in [0.2, 0.25) is 0 Å². The van der Waals surface area contributed by atoms with Gasteiger partial charge in [-0.15, -0.1) is 0 Å². The van der Waals surface area contributed by atoms with Crippen LogP contribution in [0.4, 0.5) is 0 Å². The monoisotopic (exact) mass is 340 g/mol. The predicted octanol–water partition coefficient (Wildman–Crippen LogP) is 3.35. The molecule has 2 N–H and O–H groups in total. The fraction of sp³-hybridized carbons (Fsp3) is 0.300. The molecule has 0 heterocycles. The largest absolute Gasteiger partial charge is 0.483 e. The molecule has 2 amide bonds. The summed E-state index contributed by atoms with van der Waals surface area (Å²) in [4.78, 5) is 24.0. The van der Waals surface area contributed by atoms with Gasteiger partial charge in [0.25, 0.3) is 11.8 Å². The van der Waals surface area contributed by atoms with Crippen molar-refractivity contribution in [2.24, 2.45) is 0 Å². The highest BCUT2D eigenvalue weighted by Crippen LogP contribution is 2.28. The van der Waals surface area contributed by atoms with Gasteiger partial charge in [0.15, 0.2) is 6.61 Å². The summed E-state index contributed by atoms with van der Waals surface area (Å²) in [5, 5.41) is 0.